The van der Waals surface area contributed by atoms with E-state index in [0.29, 0.717) is 5.82 Å². The molecule has 0 unspecified atom stereocenters. The van der Waals surface area contributed by atoms with E-state index in [0.717, 1.165) is 23.7 Å². The van der Waals surface area contributed by atoms with Crippen molar-refractivity contribution in [1.29, 1.82) is 0 Å². The lowest BCUT2D eigenvalue weighted by atomic mass is 10.1. The highest BCUT2D eigenvalue weighted by atomic mass is 35.5. The van der Waals surface area contributed by atoms with Gasteiger partial charge in [0.15, 0.2) is 0 Å². The third-order valence-electron chi connectivity index (χ3n) is 3.06. The molecule has 6 heteroatoms. The number of carbonyl (C=O) groups excluding carboxylic acids is 1. The largest absolute Gasteiger partial charge is 0.383 e. The van der Waals surface area contributed by atoms with Crippen molar-refractivity contribution in [2.75, 3.05) is 17.2 Å². The van der Waals surface area contributed by atoms with Crippen LogP contribution in [0.2, 0.25) is 5.02 Å². The lowest BCUT2D eigenvalue weighted by Gasteiger charge is -2.10. The highest BCUT2D eigenvalue weighted by Gasteiger charge is 2.04. The highest BCUT2D eigenvalue weighted by molar-refractivity contribution is 6.30. The molecule has 5 nitrogen and oxygen atoms in total. The molecule has 0 fully saturated rings. The summed E-state index contributed by atoms with van der Waals surface area (Å²) in [6, 6.07) is 11.3. The zero-order valence-corrected chi connectivity index (χ0v) is 14.0. The summed E-state index contributed by atoms with van der Waals surface area (Å²) in [5, 5.41) is 9.47. The lowest BCUT2D eigenvalue weighted by Crippen LogP contribution is -2.34. The van der Waals surface area contributed by atoms with Gasteiger partial charge in [-0.05, 0) is 50.1 Å². The van der Waals surface area contributed by atoms with Gasteiger partial charge in [0.2, 0.25) is 0 Å². The summed E-state index contributed by atoms with van der Waals surface area (Å²) in [6.45, 7) is 4.59. The molecule has 2 rings (SSSR count). The summed E-state index contributed by atoms with van der Waals surface area (Å²) in [7, 11) is 0. The van der Waals surface area contributed by atoms with E-state index >= 15 is 0 Å². The number of carbonyl (C=O) groups is 1. The van der Waals surface area contributed by atoms with Crippen LogP contribution in [0.5, 0.6) is 0 Å². The second kappa shape index (κ2) is 8.39. The van der Waals surface area contributed by atoms with Gasteiger partial charge < -0.3 is 10.6 Å². The number of nitrogens with zero attached hydrogens (tertiary/aromatic N) is 1. The molecular formula is C17H21ClN4O. The quantitative estimate of drug-likeness (QED) is 0.751. The van der Waals surface area contributed by atoms with E-state index in [-0.39, 0.29) is 12.1 Å². The summed E-state index contributed by atoms with van der Waals surface area (Å²) < 4.78 is 0. The van der Waals surface area contributed by atoms with E-state index in [2.05, 4.69) is 20.9 Å². The summed E-state index contributed by atoms with van der Waals surface area (Å²) in [6.07, 6.45) is 2.57. The van der Waals surface area contributed by atoms with Gasteiger partial charge in [-0.2, -0.15) is 0 Å². The molecule has 2 amide bonds. The van der Waals surface area contributed by atoms with E-state index in [4.69, 9.17) is 11.6 Å². The standard InChI is InChI=1S/C17H21ClN4O/c1-12(2)21-17(23)22-16-7-6-15(11-20-16)19-9-8-13-4-3-5-14(18)10-13/h3-7,10-12,19H,8-9H2,1-2H3,(H2,20,21,22,23). The first-order valence-corrected chi connectivity index (χ1v) is 7.92. The van der Waals surface area contributed by atoms with E-state index in [1.165, 1.54) is 5.56 Å². The van der Waals surface area contributed by atoms with Crippen molar-refractivity contribution in [3.8, 4) is 0 Å². The highest BCUT2D eigenvalue weighted by Crippen LogP contribution is 2.12. The molecule has 1 aromatic heterocycles. The second-order valence-corrected chi connectivity index (χ2v) is 5.93. The Morgan fingerprint density at radius 1 is 1.26 bits per heavy atom. The normalized spacial score (nSPS) is 10.4. The Balaban J connectivity index is 1.79. The van der Waals surface area contributed by atoms with Crippen molar-refractivity contribution in [3.05, 3.63) is 53.2 Å². The zero-order chi connectivity index (χ0) is 16.7. The average Bonchev–Trinajstić information content (AvgIpc) is 2.48. The molecule has 122 valence electrons. The van der Waals surface area contributed by atoms with Gasteiger partial charge in [-0.1, -0.05) is 23.7 Å². The van der Waals surface area contributed by atoms with E-state index in [1.807, 2.05) is 44.2 Å². The Morgan fingerprint density at radius 2 is 2.09 bits per heavy atom. The first-order chi connectivity index (χ1) is 11.0. The number of aromatic nitrogens is 1. The molecule has 0 radical (unpaired) electrons. The maximum absolute atomic E-state index is 11.6. The topological polar surface area (TPSA) is 66.1 Å². The number of rotatable bonds is 6. The first kappa shape index (κ1) is 17.1. The molecule has 2 aromatic rings. The molecule has 0 aliphatic carbocycles. The zero-order valence-electron chi connectivity index (χ0n) is 13.3. The Bertz CT molecular complexity index is 643. The van der Waals surface area contributed by atoms with Gasteiger partial charge >= 0.3 is 6.03 Å². The van der Waals surface area contributed by atoms with Gasteiger partial charge in [-0.25, -0.2) is 9.78 Å². The lowest BCUT2D eigenvalue weighted by molar-refractivity contribution is 0.250. The van der Waals surface area contributed by atoms with Crippen LogP contribution in [0.1, 0.15) is 19.4 Å². The fraction of sp³-hybridized carbons (Fsp3) is 0.294. The van der Waals surface area contributed by atoms with E-state index in [9.17, 15) is 4.79 Å². The fourth-order valence-corrected chi connectivity index (χ4v) is 2.24. The van der Waals surface area contributed by atoms with E-state index in [1.54, 1.807) is 12.3 Å². The number of anilines is 2. The van der Waals surface area contributed by atoms with Crippen molar-refractivity contribution in [2.45, 2.75) is 26.3 Å². The maximum atomic E-state index is 11.6. The minimum Gasteiger partial charge on any atom is -0.383 e. The van der Waals surface area contributed by atoms with Crippen LogP contribution in [0.4, 0.5) is 16.3 Å². The summed E-state index contributed by atoms with van der Waals surface area (Å²) >= 11 is 5.96. The molecule has 23 heavy (non-hydrogen) atoms. The summed E-state index contributed by atoms with van der Waals surface area (Å²) in [5.74, 6) is 0.517. The minimum atomic E-state index is -0.255. The molecule has 0 atom stereocenters. The number of hydrogen-bond donors (Lipinski definition) is 3. The molecule has 0 aliphatic rings. The van der Waals surface area contributed by atoms with Gasteiger partial charge in [-0.15, -0.1) is 0 Å². The number of amides is 2. The molecule has 0 aliphatic heterocycles. The molecule has 0 spiro atoms. The van der Waals surface area contributed by atoms with Crippen LogP contribution < -0.4 is 16.0 Å². The molecule has 0 saturated carbocycles. The van der Waals surface area contributed by atoms with Gasteiger partial charge in [0.1, 0.15) is 5.82 Å². The van der Waals surface area contributed by atoms with Crippen molar-refractivity contribution in [1.82, 2.24) is 10.3 Å². The van der Waals surface area contributed by atoms with Gasteiger partial charge in [0.05, 0.1) is 11.9 Å². The van der Waals surface area contributed by atoms with Gasteiger partial charge in [-0.3, -0.25) is 5.32 Å². The van der Waals surface area contributed by atoms with E-state index < -0.39 is 0 Å². The molecule has 1 aromatic carbocycles. The predicted octanol–water partition coefficient (Wildman–Crippen LogP) is 3.92. The fourth-order valence-electron chi connectivity index (χ4n) is 2.03. The Labute approximate surface area is 141 Å². The predicted molar refractivity (Wildman–Crippen MR) is 95.2 cm³/mol. The van der Waals surface area contributed by atoms with Crippen LogP contribution in [0.25, 0.3) is 0 Å². The molecule has 1 heterocycles. The van der Waals surface area contributed by atoms with Crippen LogP contribution in [0.15, 0.2) is 42.6 Å². The van der Waals surface area contributed by atoms with Crippen molar-refractivity contribution in [2.24, 2.45) is 0 Å². The second-order valence-electron chi connectivity index (χ2n) is 5.49. The summed E-state index contributed by atoms with van der Waals surface area (Å²) in [5.41, 5.74) is 2.09. The number of pyridine rings is 1. The van der Waals surface area contributed by atoms with Crippen LogP contribution in [-0.2, 0) is 6.42 Å². The number of benzene rings is 1. The maximum Gasteiger partial charge on any atom is 0.320 e. The van der Waals surface area contributed by atoms with Crippen molar-refractivity contribution < 1.29 is 4.79 Å². The minimum absolute atomic E-state index is 0.0856. The smallest absolute Gasteiger partial charge is 0.320 e. The SMILES string of the molecule is CC(C)NC(=O)Nc1ccc(NCCc2cccc(Cl)c2)cn1. The van der Waals surface area contributed by atoms with Gasteiger partial charge in [0, 0.05) is 17.6 Å². The Hall–Kier alpha value is -2.27. The summed E-state index contributed by atoms with van der Waals surface area (Å²) in [4.78, 5) is 15.8. The molecular weight excluding hydrogens is 312 g/mol. The molecule has 0 saturated heterocycles. The third-order valence-corrected chi connectivity index (χ3v) is 3.29. The molecule has 3 N–H and O–H groups in total. The van der Waals surface area contributed by atoms with Crippen LogP contribution >= 0.6 is 11.6 Å². The van der Waals surface area contributed by atoms with Crippen LogP contribution in [0.3, 0.4) is 0 Å². The number of halogens is 1. The Morgan fingerprint density at radius 3 is 2.74 bits per heavy atom. The van der Waals surface area contributed by atoms with Gasteiger partial charge in [0.25, 0.3) is 0 Å². The van der Waals surface area contributed by atoms with Crippen molar-refractivity contribution >= 4 is 29.1 Å². The Kier molecular flexibility index (Phi) is 6.23. The number of urea groups is 1. The first-order valence-electron chi connectivity index (χ1n) is 7.55. The van der Waals surface area contributed by atoms with Crippen LogP contribution in [-0.4, -0.2) is 23.6 Å². The molecule has 0 bridgehead atoms. The number of hydrogen-bond acceptors (Lipinski definition) is 3. The monoisotopic (exact) mass is 332 g/mol. The third kappa shape index (κ3) is 6.16. The number of nitrogens with one attached hydrogen (secondary N) is 3. The average molecular weight is 333 g/mol. The van der Waals surface area contributed by atoms with Crippen LogP contribution in [0, 0.1) is 0 Å². The van der Waals surface area contributed by atoms with Crippen molar-refractivity contribution in [3.63, 3.8) is 0 Å².